The smallest absolute Gasteiger partial charge is 0.272 e. The molecule has 0 aliphatic carbocycles. The average Bonchev–Trinajstić information content (AvgIpc) is 2.88. The molecule has 1 aromatic rings. The van der Waals surface area contributed by atoms with E-state index in [1.807, 2.05) is 0 Å². The van der Waals surface area contributed by atoms with Crippen LogP contribution in [0.5, 0.6) is 5.75 Å². The second-order valence-corrected chi connectivity index (χ2v) is 6.53. The molecule has 1 aliphatic rings. The Morgan fingerprint density at radius 3 is 2.62 bits per heavy atom. The van der Waals surface area contributed by atoms with Gasteiger partial charge in [-0.1, -0.05) is 18.9 Å². The molecule has 1 aliphatic heterocycles. The fourth-order valence-corrected chi connectivity index (χ4v) is 3.08. The Hall–Kier alpha value is -2.41. The van der Waals surface area contributed by atoms with E-state index in [0.717, 1.165) is 38.2 Å². The minimum Gasteiger partial charge on any atom is -0.508 e. The molecule has 1 heterocycles. The normalized spacial score (nSPS) is 15.7. The van der Waals surface area contributed by atoms with Crippen molar-refractivity contribution in [1.82, 2.24) is 9.80 Å². The third-order valence-electron chi connectivity index (χ3n) is 4.56. The predicted molar refractivity (Wildman–Crippen MR) is 99.4 cm³/mol. The van der Waals surface area contributed by atoms with Crippen LogP contribution in [0.3, 0.4) is 0 Å². The number of nitrogens with zero attached hydrogens (tertiary/aromatic N) is 2. The maximum atomic E-state index is 14.1. The van der Waals surface area contributed by atoms with Crippen molar-refractivity contribution in [2.24, 2.45) is 5.73 Å². The molecular weight excluding hydrogens is 335 g/mol. The second kappa shape index (κ2) is 9.91. The van der Waals surface area contributed by atoms with Crippen LogP contribution in [0.25, 0.3) is 0 Å². The van der Waals surface area contributed by atoms with Crippen molar-refractivity contribution in [3.8, 4) is 5.75 Å². The van der Waals surface area contributed by atoms with Crippen LogP contribution in [-0.2, 0) is 11.3 Å². The fraction of sp³-hybridized carbons (Fsp3) is 0.474. The highest BCUT2D eigenvalue weighted by atomic mass is 19.1. The Morgan fingerprint density at radius 2 is 2.00 bits per heavy atom. The van der Waals surface area contributed by atoms with Gasteiger partial charge < -0.3 is 20.6 Å². The monoisotopic (exact) mass is 362 g/mol. The van der Waals surface area contributed by atoms with Crippen molar-refractivity contribution < 1.29 is 14.3 Å². The number of phenols is 1. The summed E-state index contributed by atoms with van der Waals surface area (Å²) in [6, 6.07) is 3.87. The summed E-state index contributed by atoms with van der Waals surface area (Å²) < 4.78 is 14.1. The van der Waals surface area contributed by atoms with E-state index in [-0.39, 0.29) is 18.0 Å². The maximum Gasteiger partial charge on any atom is 0.272 e. The van der Waals surface area contributed by atoms with Gasteiger partial charge in [-0.15, -0.1) is 0 Å². The minimum atomic E-state index is -0.571. The highest BCUT2D eigenvalue weighted by molar-refractivity contribution is 6.41. The van der Waals surface area contributed by atoms with Gasteiger partial charge in [0.05, 0.1) is 0 Å². The number of carbonyl (C=O) groups is 1. The van der Waals surface area contributed by atoms with E-state index in [4.69, 9.17) is 11.1 Å². The van der Waals surface area contributed by atoms with Gasteiger partial charge in [0.15, 0.2) is 0 Å². The van der Waals surface area contributed by atoms with Crippen molar-refractivity contribution >= 4 is 11.6 Å². The molecule has 1 aromatic carbocycles. The third-order valence-corrected chi connectivity index (χ3v) is 4.56. The van der Waals surface area contributed by atoms with E-state index in [2.05, 4.69) is 4.90 Å². The van der Waals surface area contributed by atoms with Crippen LogP contribution in [-0.4, -0.2) is 52.7 Å². The lowest BCUT2D eigenvalue weighted by Crippen LogP contribution is -2.41. The fourth-order valence-electron chi connectivity index (χ4n) is 3.08. The molecule has 26 heavy (non-hydrogen) atoms. The molecule has 6 nitrogen and oxygen atoms in total. The van der Waals surface area contributed by atoms with Gasteiger partial charge in [0.2, 0.25) is 0 Å². The number of hydrogen-bond acceptors (Lipinski definition) is 5. The number of likely N-dealkylation sites (tertiary alicyclic amines) is 1. The molecular formula is C19H27FN4O2. The average molecular weight is 362 g/mol. The summed E-state index contributed by atoms with van der Waals surface area (Å²) in [5.74, 6) is -1.22. The largest absolute Gasteiger partial charge is 0.508 e. The Bertz CT molecular complexity index is 655. The summed E-state index contributed by atoms with van der Waals surface area (Å²) in [5, 5.41) is 17.2. The number of aromatic hydroxyl groups is 1. The Kier molecular flexibility index (Phi) is 7.59. The molecule has 0 aromatic heterocycles. The summed E-state index contributed by atoms with van der Waals surface area (Å²) in [6.45, 7) is 3.12. The lowest BCUT2D eigenvalue weighted by atomic mass is 10.1. The van der Waals surface area contributed by atoms with E-state index in [1.54, 1.807) is 0 Å². The number of halogens is 1. The van der Waals surface area contributed by atoms with E-state index in [1.165, 1.54) is 36.0 Å². The molecule has 142 valence electrons. The standard InChI is InChI=1S/C19H27FN4O2/c20-17-13-16(25)6-5-15(17)14-24(19(26)18(22)7-8-21)12-11-23-9-3-1-2-4-10-23/h5-8,13,22,25H,1-4,9-12,14,21H2. The van der Waals surface area contributed by atoms with Crippen molar-refractivity contribution in [3.63, 3.8) is 0 Å². The molecule has 0 spiro atoms. The van der Waals surface area contributed by atoms with Gasteiger partial charge in [-0.25, -0.2) is 4.39 Å². The van der Waals surface area contributed by atoms with Gasteiger partial charge in [0.25, 0.3) is 5.91 Å². The van der Waals surface area contributed by atoms with Crippen LogP contribution in [0.15, 0.2) is 30.5 Å². The number of nitrogens with two attached hydrogens (primary N) is 1. The highest BCUT2D eigenvalue weighted by Gasteiger charge is 2.20. The molecule has 1 fully saturated rings. The summed E-state index contributed by atoms with van der Waals surface area (Å²) in [7, 11) is 0. The van der Waals surface area contributed by atoms with Crippen LogP contribution < -0.4 is 5.73 Å². The van der Waals surface area contributed by atoms with Crippen molar-refractivity contribution in [1.29, 1.82) is 5.41 Å². The lowest BCUT2D eigenvalue weighted by Gasteiger charge is -2.27. The lowest BCUT2D eigenvalue weighted by molar-refractivity contribution is -0.124. The van der Waals surface area contributed by atoms with E-state index in [9.17, 15) is 14.3 Å². The number of amides is 1. The van der Waals surface area contributed by atoms with Crippen LogP contribution in [0, 0.1) is 11.2 Å². The number of rotatable bonds is 7. The Morgan fingerprint density at radius 1 is 1.31 bits per heavy atom. The van der Waals surface area contributed by atoms with Crippen molar-refractivity contribution in [2.75, 3.05) is 26.2 Å². The van der Waals surface area contributed by atoms with Gasteiger partial charge in [0.1, 0.15) is 17.3 Å². The maximum absolute atomic E-state index is 14.1. The Balaban J connectivity index is 2.09. The zero-order valence-corrected chi connectivity index (χ0v) is 15.0. The predicted octanol–water partition coefficient (Wildman–Crippen LogP) is 2.23. The number of hydrogen-bond donors (Lipinski definition) is 3. The molecule has 7 heteroatoms. The number of carbonyl (C=O) groups excluding carboxylic acids is 1. The SMILES string of the molecule is N=C(C=CN)C(=O)N(CCN1CCCCCC1)Cc1ccc(O)cc1F. The van der Waals surface area contributed by atoms with Gasteiger partial charge >= 0.3 is 0 Å². The van der Waals surface area contributed by atoms with E-state index in [0.29, 0.717) is 18.7 Å². The topological polar surface area (TPSA) is 93.6 Å². The first-order valence-corrected chi connectivity index (χ1v) is 8.97. The number of benzene rings is 1. The zero-order chi connectivity index (χ0) is 18.9. The summed E-state index contributed by atoms with van der Waals surface area (Å²) in [4.78, 5) is 16.3. The van der Waals surface area contributed by atoms with Gasteiger partial charge in [-0.05, 0) is 44.3 Å². The van der Waals surface area contributed by atoms with Crippen molar-refractivity contribution in [3.05, 3.63) is 41.9 Å². The molecule has 4 N–H and O–H groups in total. The van der Waals surface area contributed by atoms with Gasteiger partial charge in [-0.3, -0.25) is 10.2 Å². The second-order valence-electron chi connectivity index (χ2n) is 6.53. The molecule has 1 saturated heterocycles. The Labute approximate surface area is 153 Å². The minimum absolute atomic E-state index is 0.0412. The van der Waals surface area contributed by atoms with Crippen molar-refractivity contribution in [2.45, 2.75) is 32.2 Å². The number of phenolic OH excluding ortho intramolecular Hbond substituents is 1. The van der Waals surface area contributed by atoms with Gasteiger partial charge in [-0.2, -0.15) is 0 Å². The van der Waals surface area contributed by atoms with Crippen LogP contribution >= 0.6 is 0 Å². The molecule has 0 saturated carbocycles. The van der Waals surface area contributed by atoms with E-state index >= 15 is 0 Å². The zero-order valence-electron chi connectivity index (χ0n) is 15.0. The molecule has 2 rings (SSSR count). The van der Waals surface area contributed by atoms with Crippen LogP contribution in [0.2, 0.25) is 0 Å². The molecule has 0 atom stereocenters. The quantitative estimate of drug-likeness (QED) is 0.649. The first kappa shape index (κ1) is 19.9. The first-order chi connectivity index (χ1) is 12.5. The molecule has 0 unspecified atom stereocenters. The van der Waals surface area contributed by atoms with Crippen LogP contribution in [0.1, 0.15) is 31.2 Å². The third kappa shape index (κ3) is 5.84. The van der Waals surface area contributed by atoms with Gasteiger partial charge in [0, 0.05) is 31.3 Å². The molecule has 1 amide bonds. The van der Waals surface area contributed by atoms with E-state index < -0.39 is 11.7 Å². The molecule has 0 bridgehead atoms. The summed E-state index contributed by atoms with van der Waals surface area (Å²) >= 11 is 0. The number of nitrogens with one attached hydrogen (secondary N) is 1. The summed E-state index contributed by atoms with van der Waals surface area (Å²) in [5.41, 5.74) is 5.35. The van der Waals surface area contributed by atoms with Crippen LogP contribution in [0.4, 0.5) is 4.39 Å². The highest BCUT2D eigenvalue weighted by Crippen LogP contribution is 2.17. The first-order valence-electron chi connectivity index (χ1n) is 8.97. The molecule has 0 radical (unpaired) electrons. The summed E-state index contributed by atoms with van der Waals surface area (Å²) in [6.07, 6.45) is 7.12.